The van der Waals surface area contributed by atoms with Gasteiger partial charge in [-0.1, -0.05) is 18.2 Å². The van der Waals surface area contributed by atoms with Crippen molar-refractivity contribution >= 4 is 17.7 Å². The predicted molar refractivity (Wildman–Crippen MR) is 149 cm³/mol. The first-order chi connectivity index (χ1) is 18.2. The Bertz CT molecular complexity index is 1240. The van der Waals surface area contributed by atoms with E-state index in [9.17, 15) is 9.90 Å². The van der Waals surface area contributed by atoms with Crippen molar-refractivity contribution < 1.29 is 19.4 Å². The third-order valence-electron chi connectivity index (χ3n) is 6.27. The summed E-state index contributed by atoms with van der Waals surface area (Å²) in [5.41, 5.74) is 3.41. The highest BCUT2D eigenvalue weighted by Gasteiger charge is 2.26. The lowest BCUT2D eigenvalue weighted by Crippen LogP contribution is -2.44. The van der Waals surface area contributed by atoms with Gasteiger partial charge >= 0.3 is 6.09 Å². The lowest BCUT2D eigenvalue weighted by molar-refractivity contribution is 0.0210. The van der Waals surface area contributed by atoms with Crippen molar-refractivity contribution in [2.24, 2.45) is 0 Å². The second-order valence-electron chi connectivity index (χ2n) is 10.4. The molecule has 0 saturated carbocycles. The van der Waals surface area contributed by atoms with Crippen molar-refractivity contribution in [1.29, 1.82) is 0 Å². The maximum Gasteiger partial charge on any atom is 0.410 e. The number of ether oxygens (including phenoxy) is 2. The standard InChI is InChI=1S/C29H37N5O4/c1-29(2,3)38-28(36)34-16-12-22(13-17-34)32-23-7-5-6-21(19-23)24-11-15-31-27(33-24)30-14-10-20-8-9-25(35)26(18-20)37-4/h5-9,11,15,18-19,22,32,35H,10,12-14,16-17H2,1-4H3,(H,30,31,33). The summed E-state index contributed by atoms with van der Waals surface area (Å²) in [6.07, 6.45) is 3.96. The summed E-state index contributed by atoms with van der Waals surface area (Å²) < 4.78 is 10.7. The third kappa shape index (κ3) is 7.50. The highest BCUT2D eigenvalue weighted by atomic mass is 16.6. The first-order valence-electron chi connectivity index (χ1n) is 13.0. The van der Waals surface area contributed by atoms with Gasteiger partial charge in [0.1, 0.15) is 5.60 Å². The molecule has 0 aliphatic carbocycles. The number of hydrogen-bond acceptors (Lipinski definition) is 8. The zero-order valence-corrected chi connectivity index (χ0v) is 22.5. The summed E-state index contributed by atoms with van der Waals surface area (Å²) in [7, 11) is 1.54. The van der Waals surface area contributed by atoms with Gasteiger partial charge in [0.2, 0.25) is 5.95 Å². The van der Waals surface area contributed by atoms with E-state index in [4.69, 9.17) is 14.5 Å². The van der Waals surface area contributed by atoms with Gasteiger partial charge in [0.05, 0.1) is 12.8 Å². The number of nitrogens with zero attached hydrogens (tertiary/aromatic N) is 3. The van der Waals surface area contributed by atoms with E-state index in [0.29, 0.717) is 31.3 Å². The fourth-order valence-corrected chi connectivity index (χ4v) is 4.34. The number of anilines is 2. The van der Waals surface area contributed by atoms with Crippen molar-refractivity contribution in [2.75, 3.05) is 37.4 Å². The molecule has 1 saturated heterocycles. The molecular formula is C29H37N5O4. The lowest BCUT2D eigenvalue weighted by Gasteiger charge is -2.34. The van der Waals surface area contributed by atoms with Gasteiger partial charge in [-0.3, -0.25) is 0 Å². The highest BCUT2D eigenvalue weighted by Crippen LogP contribution is 2.27. The molecule has 4 rings (SSSR count). The number of nitrogens with one attached hydrogen (secondary N) is 2. The van der Waals surface area contributed by atoms with Gasteiger partial charge in [-0.05, 0) is 75.9 Å². The van der Waals surface area contributed by atoms with E-state index in [1.165, 1.54) is 7.11 Å². The van der Waals surface area contributed by atoms with Gasteiger partial charge in [0, 0.05) is 43.1 Å². The zero-order valence-electron chi connectivity index (χ0n) is 22.5. The third-order valence-corrected chi connectivity index (χ3v) is 6.27. The zero-order chi connectivity index (χ0) is 27.1. The fourth-order valence-electron chi connectivity index (χ4n) is 4.34. The number of aromatic nitrogens is 2. The summed E-state index contributed by atoms with van der Waals surface area (Å²) in [4.78, 5) is 23.2. The van der Waals surface area contributed by atoms with Crippen LogP contribution in [0.1, 0.15) is 39.2 Å². The summed E-state index contributed by atoms with van der Waals surface area (Å²) >= 11 is 0. The van der Waals surface area contributed by atoms with Crippen LogP contribution in [0.2, 0.25) is 0 Å². The molecule has 9 nitrogen and oxygen atoms in total. The van der Waals surface area contributed by atoms with Crippen LogP contribution >= 0.6 is 0 Å². The Kier molecular flexibility index (Phi) is 8.55. The molecule has 1 aliphatic heterocycles. The number of piperidine rings is 1. The molecule has 0 spiro atoms. The second kappa shape index (κ2) is 12.0. The van der Waals surface area contributed by atoms with Crippen LogP contribution in [0.4, 0.5) is 16.4 Å². The SMILES string of the molecule is COc1cc(CCNc2nccc(-c3cccc(NC4CCN(C(=O)OC(C)(C)C)CC4)c3)n2)ccc1O. The number of likely N-dealkylation sites (tertiary alicyclic amines) is 1. The molecule has 2 heterocycles. The number of carbonyl (C=O) groups excluding carboxylic acids is 1. The van der Waals surface area contributed by atoms with Crippen LogP contribution < -0.4 is 15.4 Å². The van der Waals surface area contributed by atoms with Crippen molar-refractivity contribution in [3.63, 3.8) is 0 Å². The predicted octanol–water partition coefficient (Wildman–Crippen LogP) is 5.32. The van der Waals surface area contributed by atoms with Crippen LogP contribution in [-0.2, 0) is 11.2 Å². The van der Waals surface area contributed by atoms with Crippen LogP contribution in [0, 0.1) is 0 Å². The molecule has 38 heavy (non-hydrogen) atoms. The molecule has 0 radical (unpaired) electrons. The quantitative estimate of drug-likeness (QED) is 0.367. The lowest BCUT2D eigenvalue weighted by atomic mass is 10.0. The molecule has 3 aromatic rings. The molecule has 0 bridgehead atoms. The Hall–Kier alpha value is -4.01. The Labute approximate surface area is 224 Å². The van der Waals surface area contributed by atoms with E-state index in [-0.39, 0.29) is 17.9 Å². The van der Waals surface area contributed by atoms with Crippen LogP contribution in [0.25, 0.3) is 11.3 Å². The molecule has 2 aromatic carbocycles. The minimum absolute atomic E-state index is 0.128. The number of aromatic hydroxyl groups is 1. The summed E-state index contributed by atoms with van der Waals surface area (Å²) in [6, 6.07) is 15.7. The first kappa shape index (κ1) is 27.0. The topological polar surface area (TPSA) is 109 Å². The van der Waals surface area contributed by atoms with Gasteiger partial charge in [0.25, 0.3) is 0 Å². The van der Waals surface area contributed by atoms with Crippen LogP contribution in [0.15, 0.2) is 54.7 Å². The number of carbonyl (C=O) groups is 1. The average molecular weight is 520 g/mol. The molecule has 3 N–H and O–H groups in total. The molecule has 0 atom stereocenters. The van der Waals surface area contributed by atoms with Crippen molar-refractivity contribution in [1.82, 2.24) is 14.9 Å². The number of benzene rings is 2. The van der Waals surface area contributed by atoms with Gasteiger partial charge < -0.3 is 30.1 Å². The summed E-state index contributed by atoms with van der Waals surface area (Å²) in [5.74, 6) is 1.15. The van der Waals surface area contributed by atoms with Crippen molar-refractivity contribution in [2.45, 2.75) is 51.7 Å². The highest BCUT2D eigenvalue weighted by molar-refractivity contribution is 5.68. The van der Waals surface area contributed by atoms with Gasteiger partial charge in [-0.2, -0.15) is 0 Å². The average Bonchev–Trinajstić information content (AvgIpc) is 2.89. The maximum absolute atomic E-state index is 12.3. The normalized spacial score (nSPS) is 14.2. The number of phenols is 1. The number of phenolic OH excluding ortho intramolecular Hbond substituents is 1. The number of rotatable bonds is 8. The van der Waals surface area contributed by atoms with E-state index in [0.717, 1.165) is 41.8 Å². The summed E-state index contributed by atoms with van der Waals surface area (Å²) in [6.45, 7) is 7.64. The first-order valence-corrected chi connectivity index (χ1v) is 13.0. The number of hydrogen-bond donors (Lipinski definition) is 3. The maximum atomic E-state index is 12.3. The molecule has 1 aromatic heterocycles. The number of amides is 1. The molecule has 1 amide bonds. The van der Waals surface area contributed by atoms with Crippen LogP contribution in [0.3, 0.4) is 0 Å². The summed E-state index contributed by atoms with van der Waals surface area (Å²) in [5, 5.41) is 16.7. The monoisotopic (exact) mass is 519 g/mol. The minimum Gasteiger partial charge on any atom is -0.504 e. The fraction of sp³-hybridized carbons (Fsp3) is 0.414. The second-order valence-corrected chi connectivity index (χ2v) is 10.4. The van der Waals surface area contributed by atoms with E-state index in [2.05, 4.69) is 27.8 Å². The Morgan fingerprint density at radius 2 is 1.92 bits per heavy atom. The smallest absolute Gasteiger partial charge is 0.410 e. The van der Waals surface area contributed by atoms with Crippen molar-refractivity contribution in [3.05, 3.63) is 60.3 Å². The van der Waals surface area contributed by atoms with Crippen LogP contribution in [-0.4, -0.2) is 64.5 Å². The van der Waals surface area contributed by atoms with Crippen LogP contribution in [0.5, 0.6) is 11.5 Å². The molecule has 1 fully saturated rings. The van der Waals surface area contributed by atoms with Gasteiger partial charge in [0.15, 0.2) is 11.5 Å². The van der Waals surface area contributed by atoms with E-state index < -0.39 is 5.60 Å². The van der Waals surface area contributed by atoms with E-state index >= 15 is 0 Å². The largest absolute Gasteiger partial charge is 0.504 e. The van der Waals surface area contributed by atoms with Gasteiger partial charge in [-0.25, -0.2) is 14.8 Å². The Balaban J connectivity index is 1.31. The van der Waals surface area contributed by atoms with Gasteiger partial charge in [-0.15, -0.1) is 0 Å². The molecule has 202 valence electrons. The van der Waals surface area contributed by atoms with E-state index in [1.807, 2.05) is 51.1 Å². The molecule has 1 aliphatic rings. The Morgan fingerprint density at radius 3 is 2.66 bits per heavy atom. The molecule has 9 heteroatoms. The Morgan fingerprint density at radius 1 is 1.13 bits per heavy atom. The molecular weight excluding hydrogens is 482 g/mol. The van der Waals surface area contributed by atoms with Crippen molar-refractivity contribution in [3.8, 4) is 22.8 Å². The van der Waals surface area contributed by atoms with E-state index in [1.54, 1.807) is 17.2 Å². The molecule has 0 unspecified atom stereocenters. The minimum atomic E-state index is -0.482. The number of methoxy groups -OCH3 is 1.